The van der Waals surface area contributed by atoms with Crippen molar-refractivity contribution in [3.05, 3.63) is 70.8 Å². The molecule has 0 fully saturated rings. The van der Waals surface area contributed by atoms with Gasteiger partial charge in [-0.15, -0.1) is 0 Å². The largest absolute Gasteiger partial charge is 0.493 e. The van der Waals surface area contributed by atoms with E-state index in [0.29, 0.717) is 23.7 Å². The highest BCUT2D eigenvalue weighted by molar-refractivity contribution is 5.94. The van der Waals surface area contributed by atoms with Crippen molar-refractivity contribution in [3.8, 4) is 17.2 Å². The fourth-order valence-electron chi connectivity index (χ4n) is 4.24. The van der Waals surface area contributed by atoms with E-state index in [-0.39, 0.29) is 11.7 Å². The number of halogens is 1. The average Bonchev–Trinajstić information content (AvgIpc) is 3.42. The first-order valence-corrected chi connectivity index (χ1v) is 10.8. The number of aryl methyl sites for hydroxylation is 1. The Morgan fingerprint density at radius 3 is 2.56 bits per heavy atom. The summed E-state index contributed by atoms with van der Waals surface area (Å²) in [6.45, 7) is 0.616. The Balaban J connectivity index is 1.44. The Morgan fingerprint density at radius 2 is 1.84 bits per heavy atom. The fourth-order valence-corrected chi connectivity index (χ4v) is 4.24. The van der Waals surface area contributed by atoms with Crippen LogP contribution in [0.2, 0.25) is 0 Å². The third kappa shape index (κ3) is 4.33. The zero-order valence-electron chi connectivity index (χ0n) is 18.7. The summed E-state index contributed by atoms with van der Waals surface area (Å²) in [5.41, 5.74) is 4.49. The summed E-state index contributed by atoms with van der Waals surface area (Å²) in [6, 6.07) is 12.1. The van der Waals surface area contributed by atoms with Gasteiger partial charge in [-0.1, -0.05) is 6.07 Å². The summed E-state index contributed by atoms with van der Waals surface area (Å²) in [7, 11) is 5.05. The SMILES string of the molecule is COc1ccc(CCCN(C)C(=O)c2nn(-c3ccc(F)cc3)c3c2CCC3)cc1OC. The minimum Gasteiger partial charge on any atom is -0.493 e. The first-order chi connectivity index (χ1) is 15.5. The number of amides is 1. The monoisotopic (exact) mass is 437 g/mol. The molecule has 1 aliphatic rings. The summed E-state index contributed by atoms with van der Waals surface area (Å²) >= 11 is 0. The van der Waals surface area contributed by atoms with Gasteiger partial charge in [-0.2, -0.15) is 5.10 Å². The van der Waals surface area contributed by atoms with E-state index in [1.54, 1.807) is 35.9 Å². The van der Waals surface area contributed by atoms with E-state index in [9.17, 15) is 9.18 Å². The van der Waals surface area contributed by atoms with Gasteiger partial charge in [0.15, 0.2) is 17.2 Å². The van der Waals surface area contributed by atoms with E-state index in [1.165, 1.54) is 12.1 Å². The molecule has 6 nitrogen and oxygen atoms in total. The first-order valence-electron chi connectivity index (χ1n) is 10.8. The number of aromatic nitrogens is 2. The Labute approximate surface area is 187 Å². The summed E-state index contributed by atoms with van der Waals surface area (Å²) in [4.78, 5) is 14.9. The lowest BCUT2D eigenvalue weighted by Gasteiger charge is -2.17. The van der Waals surface area contributed by atoms with Gasteiger partial charge in [-0.05, 0) is 74.1 Å². The summed E-state index contributed by atoms with van der Waals surface area (Å²) in [5, 5.41) is 4.63. The van der Waals surface area contributed by atoms with Gasteiger partial charge in [0.2, 0.25) is 0 Å². The van der Waals surface area contributed by atoms with Crippen LogP contribution in [0, 0.1) is 5.82 Å². The van der Waals surface area contributed by atoms with Crippen LogP contribution >= 0.6 is 0 Å². The minimum absolute atomic E-state index is 0.0728. The van der Waals surface area contributed by atoms with Crippen LogP contribution in [0.15, 0.2) is 42.5 Å². The van der Waals surface area contributed by atoms with Crippen molar-refractivity contribution in [1.82, 2.24) is 14.7 Å². The van der Waals surface area contributed by atoms with Crippen molar-refractivity contribution >= 4 is 5.91 Å². The molecule has 0 unspecified atom stereocenters. The number of ether oxygens (including phenoxy) is 2. The van der Waals surface area contributed by atoms with E-state index in [4.69, 9.17) is 9.47 Å². The van der Waals surface area contributed by atoms with Crippen LogP contribution in [0.1, 0.15) is 40.2 Å². The second-order valence-corrected chi connectivity index (χ2v) is 8.04. The van der Waals surface area contributed by atoms with Crippen molar-refractivity contribution in [3.63, 3.8) is 0 Å². The number of rotatable bonds is 8. The molecule has 0 N–H and O–H groups in total. The molecule has 32 heavy (non-hydrogen) atoms. The van der Waals surface area contributed by atoms with Crippen LogP contribution in [-0.2, 0) is 19.3 Å². The molecule has 1 heterocycles. The second-order valence-electron chi connectivity index (χ2n) is 8.04. The lowest BCUT2D eigenvalue weighted by molar-refractivity contribution is 0.0786. The van der Waals surface area contributed by atoms with Crippen LogP contribution in [0.3, 0.4) is 0 Å². The number of carbonyl (C=O) groups excluding carboxylic acids is 1. The van der Waals surface area contributed by atoms with Gasteiger partial charge in [0, 0.05) is 24.8 Å². The number of fused-ring (bicyclic) bond motifs is 1. The van der Waals surface area contributed by atoms with Crippen molar-refractivity contribution in [2.75, 3.05) is 27.8 Å². The second kappa shape index (κ2) is 9.42. The Bertz CT molecular complexity index is 1110. The normalized spacial score (nSPS) is 12.5. The van der Waals surface area contributed by atoms with Crippen molar-refractivity contribution < 1.29 is 18.7 Å². The van der Waals surface area contributed by atoms with Gasteiger partial charge >= 0.3 is 0 Å². The predicted molar refractivity (Wildman–Crippen MR) is 120 cm³/mol. The molecule has 2 aromatic carbocycles. The van der Waals surface area contributed by atoms with E-state index in [0.717, 1.165) is 54.6 Å². The molecule has 0 bridgehead atoms. The van der Waals surface area contributed by atoms with Crippen LogP contribution in [0.5, 0.6) is 11.5 Å². The fraction of sp³-hybridized carbons (Fsp3) is 0.360. The van der Waals surface area contributed by atoms with E-state index < -0.39 is 0 Å². The molecule has 4 rings (SSSR count). The van der Waals surface area contributed by atoms with Gasteiger partial charge in [0.25, 0.3) is 5.91 Å². The smallest absolute Gasteiger partial charge is 0.274 e. The van der Waals surface area contributed by atoms with Crippen molar-refractivity contribution in [2.45, 2.75) is 32.1 Å². The maximum atomic E-state index is 13.3. The Morgan fingerprint density at radius 1 is 1.09 bits per heavy atom. The number of hydrogen-bond donors (Lipinski definition) is 0. The molecule has 0 saturated heterocycles. The number of hydrogen-bond acceptors (Lipinski definition) is 4. The van der Waals surface area contributed by atoms with Gasteiger partial charge < -0.3 is 14.4 Å². The van der Waals surface area contributed by atoms with Crippen LogP contribution in [0.25, 0.3) is 5.69 Å². The average molecular weight is 438 g/mol. The molecule has 0 saturated carbocycles. The lowest BCUT2D eigenvalue weighted by Crippen LogP contribution is -2.29. The molecule has 168 valence electrons. The quantitative estimate of drug-likeness (QED) is 0.529. The van der Waals surface area contributed by atoms with E-state index >= 15 is 0 Å². The number of benzene rings is 2. The third-order valence-corrected chi connectivity index (χ3v) is 5.96. The van der Waals surface area contributed by atoms with Crippen LogP contribution < -0.4 is 9.47 Å². The summed E-state index contributed by atoms with van der Waals surface area (Å²) in [5.74, 6) is 1.05. The molecular weight excluding hydrogens is 409 g/mol. The van der Waals surface area contributed by atoms with Gasteiger partial charge in [0.05, 0.1) is 19.9 Å². The van der Waals surface area contributed by atoms with Gasteiger partial charge in [-0.3, -0.25) is 4.79 Å². The zero-order valence-corrected chi connectivity index (χ0v) is 18.7. The summed E-state index contributed by atoms with van der Waals surface area (Å²) < 4.78 is 25.8. The van der Waals surface area contributed by atoms with Crippen molar-refractivity contribution in [1.29, 1.82) is 0 Å². The highest BCUT2D eigenvalue weighted by atomic mass is 19.1. The Kier molecular flexibility index (Phi) is 6.44. The third-order valence-electron chi connectivity index (χ3n) is 5.96. The molecular formula is C25H28FN3O3. The van der Waals surface area contributed by atoms with Crippen molar-refractivity contribution in [2.24, 2.45) is 0 Å². The zero-order chi connectivity index (χ0) is 22.7. The van der Waals surface area contributed by atoms with E-state index in [2.05, 4.69) is 5.10 Å². The summed E-state index contributed by atoms with van der Waals surface area (Å²) in [6.07, 6.45) is 4.35. The molecule has 1 amide bonds. The highest BCUT2D eigenvalue weighted by Crippen LogP contribution is 2.29. The lowest BCUT2D eigenvalue weighted by atomic mass is 10.1. The van der Waals surface area contributed by atoms with Gasteiger partial charge in [-0.25, -0.2) is 9.07 Å². The number of methoxy groups -OCH3 is 2. The maximum Gasteiger partial charge on any atom is 0.274 e. The molecule has 1 aliphatic carbocycles. The molecule has 3 aromatic rings. The topological polar surface area (TPSA) is 56.6 Å². The number of nitrogens with zero attached hydrogens (tertiary/aromatic N) is 3. The molecule has 0 radical (unpaired) electrons. The van der Waals surface area contributed by atoms with Crippen LogP contribution in [0.4, 0.5) is 4.39 Å². The Hall–Kier alpha value is -3.35. The van der Waals surface area contributed by atoms with E-state index in [1.807, 2.05) is 25.2 Å². The standard InChI is InChI=1S/C25H28FN3O3/c1-28(15-5-6-17-9-14-22(31-2)23(16-17)32-3)25(30)24-20-7-4-8-21(20)29(27-24)19-12-10-18(26)11-13-19/h9-14,16H,4-8,15H2,1-3H3. The number of carbonyl (C=O) groups is 1. The highest BCUT2D eigenvalue weighted by Gasteiger charge is 2.28. The molecule has 0 spiro atoms. The first kappa shape index (κ1) is 21.9. The molecule has 7 heteroatoms. The predicted octanol–water partition coefficient (Wildman–Crippen LogP) is 4.22. The minimum atomic E-state index is -0.289. The molecule has 1 aromatic heterocycles. The maximum absolute atomic E-state index is 13.3. The molecule has 0 atom stereocenters. The molecule has 0 aliphatic heterocycles. The van der Waals surface area contributed by atoms with Crippen LogP contribution in [-0.4, -0.2) is 48.4 Å². The van der Waals surface area contributed by atoms with Gasteiger partial charge in [0.1, 0.15) is 5.82 Å².